The molecule has 0 aromatic heterocycles. The van der Waals surface area contributed by atoms with Gasteiger partial charge in [-0.25, -0.2) is 13.0 Å². The minimum atomic E-state index is -2.53. The Morgan fingerprint density at radius 1 is 1.62 bits per heavy atom. The molecular weight excluding hydrogens is 149 g/mol. The summed E-state index contributed by atoms with van der Waals surface area (Å²) < 4.78 is 34.9. The molecule has 0 aliphatic carbocycles. The van der Waals surface area contributed by atoms with Crippen LogP contribution in [0.5, 0.6) is 0 Å². The van der Waals surface area contributed by atoms with Crippen molar-refractivity contribution in [2.45, 2.75) is 6.43 Å². The summed E-state index contributed by atoms with van der Waals surface area (Å²) in [6, 6.07) is 0. The van der Waals surface area contributed by atoms with Gasteiger partial charge < -0.3 is 0 Å². The Morgan fingerprint density at radius 3 is 2.25 bits per heavy atom. The fourth-order valence-electron chi connectivity index (χ4n) is 0.0868. The van der Waals surface area contributed by atoms with Crippen molar-refractivity contribution in [3.8, 4) is 0 Å². The van der Waals surface area contributed by atoms with Gasteiger partial charge in [0.05, 0.1) is 0 Å². The van der Waals surface area contributed by atoms with E-state index in [4.69, 9.17) is 0 Å². The van der Waals surface area contributed by atoms with Crippen molar-refractivity contribution in [2.75, 3.05) is 6.61 Å². The predicted octanol–water partition coefficient (Wildman–Crippen LogP) is -0.520. The molecule has 0 spiro atoms. The van der Waals surface area contributed by atoms with Crippen molar-refractivity contribution < 1.29 is 17.2 Å². The molecule has 6 heteroatoms. The molecule has 0 aliphatic heterocycles. The van der Waals surface area contributed by atoms with Crippen molar-refractivity contribution in [3.63, 3.8) is 0 Å². The molecule has 0 heterocycles. The van der Waals surface area contributed by atoms with Crippen LogP contribution in [-0.2, 0) is 16.1 Å². The summed E-state index contributed by atoms with van der Waals surface area (Å²) >= 11 is -0.690. The van der Waals surface area contributed by atoms with E-state index in [2.05, 4.69) is 4.18 Å². The summed E-state index contributed by atoms with van der Waals surface area (Å²) in [5.41, 5.74) is 0. The maximum atomic E-state index is 11.0. The molecule has 0 rings (SSSR count). The zero-order chi connectivity index (χ0) is 5.70. The molecule has 0 aliphatic rings. The van der Waals surface area contributed by atoms with Gasteiger partial charge in [0.15, 0.2) is 0 Å². The monoisotopic (exact) mass is 154 g/mol. The van der Waals surface area contributed by atoms with E-state index in [9.17, 15) is 13.0 Å². The van der Waals surface area contributed by atoms with E-state index in [0.717, 1.165) is 0 Å². The van der Waals surface area contributed by atoms with Crippen molar-refractivity contribution in [1.82, 2.24) is 0 Å². The number of thiol groups is 1. The molecule has 2 nitrogen and oxygen atoms in total. The second-order valence-corrected chi connectivity index (χ2v) is 1.17. The zero-order valence-corrected chi connectivity index (χ0v) is 4.20. The molecule has 46 valence electrons. The van der Waals surface area contributed by atoms with Crippen molar-refractivity contribution in [2.24, 2.45) is 0 Å². The first-order valence-electron chi connectivity index (χ1n) is 1.50. The molecule has 0 fully saturated rings. The third kappa shape index (κ3) is 10.1. The molecular formula is C2H5F2NaO2S. The van der Waals surface area contributed by atoms with Crippen LogP contribution in [0, 0.1) is 0 Å². The number of hydrogen-bond donors (Lipinski definition) is 1. The third-order valence-corrected chi connectivity index (χ3v) is 0.508. The van der Waals surface area contributed by atoms with Gasteiger partial charge in [-0.3, -0.25) is 4.18 Å². The van der Waals surface area contributed by atoms with E-state index < -0.39 is 25.0 Å². The Hall–Kier alpha value is 0.970. The average Bonchev–Trinajstić information content (AvgIpc) is 1.61. The van der Waals surface area contributed by atoms with Gasteiger partial charge in [-0.15, -0.1) is 0 Å². The first-order chi connectivity index (χ1) is 3.27. The molecule has 0 unspecified atom stereocenters. The number of rotatable bonds is 3. The van der Waals surface area contributed by atoms with Crippen molar-refractivity contribution >= 4 is 41.5 Å². The molecule has 0 atom stereocenters. The fourth-order valence-corrected chi connectivity index (χ4v) is 0.260. The SMILES string of the molecule is O=[SH]OCC(F)F.[NaH]. The minimum absolute atomic E-state index is 0. The first-order valence-corrected chi connectivity index (χ1v) is 2.23. The van der Waals surface area contributed by atoms with Gasteiger partial charge in [-0.1, -0.05) is 0 Å². The van der Waals surface area contributed by atoms with Gasteiger partial charge in [0.2, 0.25) is 0 Å². The Bertz CT molecular complexity index is 62.0. The van der Waals surface area contributed by atoms with Gasteiger partial charge in [0, 0.05) is 0 Å². The van der Waals surface area contributed by atoms with Crippen molar-refractivity contribution in [1.29, 1.82) is 0 Å². The topological polar surface area (TPSA) is 26.3 Å². The van der Waals surface area contributed by atoms with Crippen LogP contribution in [0.25, 0.3) is 0 Å². The second-order valence-electron chi connectivity index (χ2n) is 0.761. The van der Waals surface area contributed by atoms with Crippen LogP contribution in [-0.4, -0.2) is 46.8 Å². The quantitative estimate of drug-likeness (QED) is 0.437. The average molecular weight is 154 g/mol. The van der Waals surface area contributed by atoms with Crippen LogP contribution in [0.1, 0.15) is 0 Å². The summed E-state index contributed by atoms with van der Waals surface area (Å²) in [4.78, 5) is 0. The van der Waals surface area contributed by atoms with Crippen LogP contribution in [0.2, 0.25) is 0 Å². The van der Waals surface area contributed by atoms with Crippen LogP contribution < -0.4 is 0 Å². The van der Waals surface area contributed by atoms with Crippen molar-refractivity contribution in [3.05, 3.63) is 0 Å². The van der Waals surface area contributed by atoms with Crippen LogP contribution in [0.3, 0.4) is 0 Å². The molecule has 0 N–H and O–H groups in total. The van der Waals surface area contributed by atoms with Crippen LogP contribution >= 0.6 is 0 Å². The summed E-state index contributed by atoms with van der Waals surface area (Å²) in [5.74, 6) is 0. The van der Waals surface area contributed by atoms with E-state index in [1.54, 1.807) is 0 Å². The Balaban J connectivity index is 0. The molecule has 0 aromatic rings. The van der Waals surface area contributed by atoms with Gasteiger partial charge in [0.1, 0.15) is 18.6 Å². The Kier molecular flexibility index (Phi) is 11.7. The standard InChI is InChI=1S/C2H4F2O2S.Na.H/c3-2(4)1-6-7-5;;/h2,7H,1H2;;. The molecule has 0 saturated carbocycles. The normalized spacial score (nSPS) is 8.88. The van der Waals surface area contributed by atoms with Gasteiger partial charge >= 0.3 is 29.6 Å². The van der Waals surface area contributed by atoms with Crippen LogP contribution in [0.4, 0.5) is 8.78 Å². The van der Waals surface area contributed by atoms with Gasteiger partial charge in [-0.2, -0.15) is 0 Å². The third-order valence-electron chi connectivity index (χ3n) is 0.253. The van der Waals surface area contributed by atoms with E-state index >= 15 is 0 Å². The van der Waals surface area contributed by atoms with E-state index in [1.807, 2.05) is 0 Å². The Labute approximate surface area is 71.6 Å². The molecule has 0 amide bonds. The van der Waals surface area contributed by atoms with Gasteiger partial charge in [-0.05, 0) is 0 Å². The number of halogens is 2. The second kappa shape index (κ2) is 7.97. The molecule has 8 heavy (non-hydrogen) atoms. The molecule has 0 radical (unpaired) electrons. The molecule has 0 saturated heterocycles. The van der Waals surface area contributed by atoms with Gasteiger partial charge in [0.25, 0.3) is 6.43 Å². The maximum absolute atomic E-state index is 11.0. The van der Waals surface area contributed by atoms with E-state index in [0.29, 0.717) is 0 Å². The van der Waals surface area contributed by atoms with E-state index in [1.165, 1.54) is 0 Å². The summed E-state index contributed by atoms with van der Waals surface area (Å²) in [5, 5.41) is 0. The van der Waals surface area contributed by atoms with E-state index in [-0.39, 0.29) is 29.6 Å². The summed E-state index contributed by atoms with van der Waals surface area (Å²) in [7, 11) is 0. The number of hydrogen-bond acceptors (Lipinski definition) is 2. The predicted molar refractivity (Wildman–Crippen MR) is 28.6 cm³/mol. The summed E-state index contributed by atoms with van der Waals surface area (Å²) in [6.07, 6.45) is -2.53. The zero-order valence-electron chi connectivity index (χ0n) is 3.30. The Morgan fingerprint density at radius 2 is 2.12 bits per heavy atom. The molecule has 0 bridgehead atoms. The molecule has 0 aromatic carbocycles. The number of alkyl halides is 2. The fraction of sp³-hybridized carbons (Fsp3) is 1.00. The summed E-state index contributed by atoms with van der Waals surface area (Å²) in [6.45, 7) is -0.759. The first kappa shape index (κ1) is 11.7. The van der Waals surface area contributed by atoms with Crippen LogP contribution in [0.15, 0.2) is 0 Å².